The molecule has 1 amide bonds. The lowest BCUT2D eigenvalue weighted by Gasteiger charge is -2.05. The van der Waals surface area contributed by atoms with E-state index in [1.165, 1.54) is 0 Å². The van der Waals surface area contributed by atoms with Crippen molar-refractivity contribution < 1.29 is 4.79 Å². The fraction of sp³-hybridized carbons (Fsp3) is 0. The molecule has 0 aliphatic rings. The first kappa shape index (κ1) is 12.2. The molecule has 1 N–H and O–H groups in total. The van der Waals surface area contributed by atoms with Gasteiger partial charge in [-0.15, -0.1) is 0 Å². The van der Waals surface area contributed by atoms with E-state index in [0.29, 0.717) is 21.8 Å². The number of halogens is 1. The lowest BCUT2D eigenvalue weighted by Crippen LogP contribution is -2.11. The number of nitriles is 1. The van der Waals surface area contributed by atoms with Gasteiger partial charge in [0.1, 0.15) is 0 Å². The van der Waals surface area contributed by atoms with E-state index in [1.54, 1.807) is 48.5 Å². The zero-order valence-corrected chi connectivity index (χ0v) is 10.1. The Morgan fingerprint density at radius 2 is 1.67 bits per heavy atom. The molecule has 0 bridgehead atoms. The first-order valence-electron chi connectivity index (χ1n) is 5.26. The number of carbonyl (C=O) groups is 1. The van der Waals surface area contributed by atoms with Crippen molar-refractivity contribution in [2.45, 2.75) is 0 Å². The molecule has 0 saturated heterocycles. The molecule has 0 unspecified atom stereocenters. The lowest BCUT2D eigenvalue weighted by atomic mass is 10.2. The van der Waals surface area contributed by atoms with Crippen LogP contribution >= 0.6 is 11.6 Å². The van der Waals surface area contributed by atoms with E-state index in [4.69, 9.17) is 16.9 Å². The summed E-state index contributed by atoms with van der Waals surface area (Å²) in [5.41, 5.74) is 1.73. The molecule has 0 aliphatic carbocycles. The average Bonchev–Trinajstić information content (AvgIpc) is 2.40. The molecule has 4 heteroatoms. The summed E-state index contributed by atoms with van der Waals surface area (Å²) < 4.78 is 0. The maximum atomic E-state index is 11.9. The van der Waals surface area contributed by atoms with Gasteiger partial charge in [0.25, 0.3) is 5.91 Å². The number of anilines is 1. The Bertz CT molecular complexity index is 597. The van der Waals surface area contributed by atoms with E-state index in [1.807, 2.05) is 6.07 Å². The molecule has 0 fully saturated rings. The van der Waals surface area contributed by atoms with Crippen molar-refractivity contribution in [3.05, 3.63) is 64.7 Å². The molecule has 0 spiro atoms. The zero-order valence-electron chi connectivity index (χ0n) is 9.35. The highest BCUT2D eigenvalue weighted by Gasteiger charge is 2.05. The van der Waals surface area contributed by atoms with Crippen molar-refractivity contribution in [2.75, 3.05) is 5.32 Å². The number of benzene rings is 2. The van der Waals surface area contributed by atoms with Crippen molar-refractivity contribution in [3.63, 3.8) is 0 Å². The standard InChI is InChI=1S/C14H9ClN2O/c15-12-5-3-11(4-6-12)14(18)17-13-7-1-10(9-16)2-8-13/h1-8H,(H,17,18). The van der Waals surface area contributed by atoms with E-state index in [2.05, 4.69) is 5.32 Å². The van der Waals surface area contributed by atoms with Gasteiger partial charge in [-0.25, -0.2) is 0 Å². The third kappa shape index (κ3) is 2.88. The predicted molar refractivity (Wildman–Crippen MR) is 70.6 cm³/mol. The van der Waals surface area contributed by atoms with Crippen LogP contribution in [0.15, 0.2) is 48.5 Å². The summed E-state index contributed by atoms with van der Waals surface area (Å²) in [5, 5.41) is 12.0. The van der Waals surface area contributed by atoms with Crippen LogP contribution in [0.2, 0.25) is 5.02 Å². The maximum Gasteiger partial charge on any atom is 0.255 e. The van der Waals surface area contributed by atoms with Crippen LogP contribution in [-0.4, -0.2) is 5.91 Å². The van der Waals surface area contributed by atoms with Gasteiger partial charge in [0.05, 0.1) is 11.6 Å². The van der Waals surface area contributed by atoms with Gasteiger partial charge < -0.3 is 5.32 Å². The molecule has 88 valence electrons. The van der Waals surface area contributed by atoms with Crippen LogP contribution in [0.3, 0.4) is 0 Å². The molecular formula is C14H9ClN2O. The number of rotatable bonds is 2. The number of nitrogens with one attached hydrogen (secondary N) is 1. The fourth-order valence-corrected chi connectivity index (χ4v) is 1.56. The summed E-state index contributed by atoms with van der Waals surface area (Å²) in [7, 11) is 0. The van der Waals surface area contributed by atoms with E-state index in [0.717, 1.165) is 0 Å². The van der Waals surface area contributed by atoms with Crippen LogP contribution in [0.4, 0.5) is 5.69 Å². The molecule has 0 heterocycles. The third-order valence-electron chi connectivity index (χ3n) is 2.38. The summed E-state index contributed by atoms with van der Waals surface area (Å²) in [6.07, 6.45) is 0. The molecule has 2 rings (SSSR count). The number of hydrogen-bond donors (Lipinski definition) is 1. The molecular weight excluding hydrogens is 248 g/mol. The quantitative estimate of drug-likeness (QED) is 0.895. The monoisotopic (exact) mass is 256 g/mol. The summed E-state index contributed by atoms with van der Waals surface area (Å²) in [6, 6.07) is 15.3. The van der Waals surface area contributed by atoms with Crippen molar-refractivity contribution in [1.82, 2.24) is 0 Å². The molecule has 18 heavy (non-hydrogen) atoms. The molecule has 0 saturated carbocycles. The number of carbonyl (C=O) groups excluding carboxylic acids is 1. The second-order valence-electron chi connectivity index (χ2n) is 3.65. The Balaban J connectivity index is 2.11. The largest absolute Gasteiger partial charge is 0.322 e. The molecule has 0 atom stereocenters. The van der Waals surface area contributed by atoms with Crippen LogP contribution in [0.25, 0.3) is 0 Å². The SMILES string of the molecule is N#Cc1ccc(NC(=O)c2ccc(Cl)cc2)cc1. The lowest BCUT2D eigenvalue weighted by molar-refractivity contribution is 0.102. The first-order chi connectivity index (χ1) is 8.69. The fourth-order valence-electron chi connectivity index (χ4n) is 1.43. The Morgan fingerprint density at radius 1 is 1.06 bits per heavy atom. The van der Waals surface area contributed by atoms with Crippen LogP contribution in [0.1, 0.15) is 15.9 Å². The van der Waals surface area contributed by atoms with Gasteiger partial charge in [0.2, 0.25) is 0 Å². The normalized spacial score (nSPS) is 9.56. The van der Waals surface area contributed by atoms with E-state index in [-0.39, 0.29) is 5.91 Å². The number of nitrogens with zero attached hydrogens (tertiary/aromatic N) is 1. The average molecular weight is 257 g/mol. The van der Waals surface area contributed by atoms with Gasteiger partial charge >= 0.3 is 0 Å². The highest BCUT2D eigenvalue weighted by Crippen LogP contribution is 2.13. The van der Waals surface area contributed by atoms with Gasteiger partial charge in [-0.2, -0.15) is 5.26 Å². The summed E-state index contributed by atoms with van der Waals surface area (Å²) in [6.45, 7) is 0. The van der Waals surface area contributed by atoms with Gasteiger partial charge in [-0.05, 0) is 48.5 Å². The minimum atomic E-state index is -0.212. The summed E-state index contributed by atoms with van der Waals surface area (Å²) in [5.74, 6) is -0.212. The van der Waals surface area contributed by atoms with E-state index in [9.17, 15) is 4.79 Å². The highest BCUT2D eigenvalue weighted by atomic mass is 35.5. The maximum absolute atomic E-state index is 11.9. The molecule has 0 aromatic heterocycles. The van der Waals surface area contributed by atoms with E-state index < -0.39 is 0 Å². The molecule has 0 radical (unpaired) electrons. The van der Waals surface area contributed by atoms with Gasteiger partial charge in [0.15, 0.2) is 0 Å². The molecule has 0 aliphatic heterocycles. The van der Waals surface area contributed by atoms with E-state index >= 15 is 0 Å². The summed E-state index contributed by atoms with van der Waals surface area (Å²) >= 11 is 5.75. The Labute approximate surface area is 110 Å². The molecule has 2 aromatic carbocycles. The first-order valence-corrected chi connectivity index (χ1v) is 5.64. The van der Waals surface area contributed by atoms with Crippen molar-refractivity contribution in [1.29, 1.82) is 5.26 Å². The van der Waals surface area contributed by atoms with Crippen LogP contribution in [0.5, 0.6) is 0 Å². The van der Waals surface area contributed by atoms with Gasteiger partial charge in [-0.1, -0.05) is 11.6 Å². The minimum Gasteiger partial charge on any atom is -0.322 e. The Hall–Kier alpha value is -2.31. The Morgan fingerprint density at radius 3 is 2.22 bits per heavy atom. The number of amides is 1. The minimum absolute atomic E-state index is 0.212. The van der Waals surface area contributed by atoms with Gasteiger partial charge in [-0.3, -0.25) is 4.79 Å². The molecule has 2 aromatic rings. The smallest absolute Gasteiger partial charge is 0.255 e. The predicted octanol–water partition coefficient (Wildman–Crippen LogP) is 3.46. The van der Waals surface area contributed by atoms with Crippen molar-refractivity contribution >= 4 is 23.2 Å². The van der Waals surface area contributed by atoms with Crippen molar-refractivity contribution in [2.24, 2.45) is 0 Å². The van der Waals surface area contributed by atoms with Crippen LogP contribution in [-0.2, 0) is 0 Å². The second kappa shape index (κ2) is 5.35. The van der Waals surface area contributed by atoms with Crippen molar-refractivity contribution in [3.8, 4) is 6.07 Å². The van der Waals surface area contributed by atoms with Crippen LogP contribution in [0, 0.1) is 11.3 Å². The molecule has 3 nitrogen and oxygen atoms in total. The number of hydrogen-bond acceptors (Lipinski definition) is 2. The third-order valence-corrected chi connectivity index (χ3v) is 2.63. The topological polar surface area (TPSA) is 52.9 Å². The van der Waals surface area contributed by atoms with Gasteiger partial charge in [0, 0.05) is 16.3 Å². The highest BCUT2D eigenvalue weighted by molar-refractivity contribution is 6.30. The summed E-state index contributed by atoms with van der Waals surface area (Å²) in [4.78, 5) is 11.9. The second-order valence-corrected chi connectivity index (χ2v) is 4.09. The van der Waals surface area contributed by atoms with Crippen LogP contribution < -0.4 is 5.32 Å². The zero-order chi connectivity index (χ0) is 13.0. The Kier molecular flexibility index (Phi) is 3.61.